The zero-order valence-corrected chi connectivity index (χ0v) is 18.8. The van der Waals surface area contributed by atoms with Crippen LogP contribution in [0.3, 0.4) is 0 Å². The molecule has 0 rings (SSSR count). The molecule has 0 spiro atoms. The highest BCUT2D eigenvalue weighted by atomic mass is 32.3. The lowest BCUT2D eigenvalue weighted by atomic mass is 9.96. The van der Waals surface area contributed by atoms with Crippen molar-refractivity contribution in [2.24, 2.45) is 11.8 Å². The SMILES string of the molecule is CC(C)CCOC(C)(C)CC(C)CS(C)(C)CCS(C)(C)C. The first kappa shape index (κ1) is 22.7. The van der Waals surface area contributed by atoms with Crippen molar-refractivity contribution in [1.29, 1.82) is 0 Å². The number of ether oxygens (including phenoxy) is 1. The van der Waals surface area contributed by atoms with Crippen LogP contribution >= 0.6 is 20.1 Å². The van der Waals surface area contributed by atoms with Gasteiger partial charge in [0.05, 0.1) is 5.60 Å². The minimum absolute atomic E-state index is 0.0269. The minimum atomic E-state index is -0.455. The van der Waals surface area contributed by atoms with Crippen LogP contribution in [0, 0.1) is 11.8 Å². The summed E-state index contributed by atoms with van der Waals surface area (Å²) < 4.78 is 6.15. The zero-order chi connectivity index (χ0) is 17.6. The monoisotopic (exact) mass is 352 g/mol. The van der Waals surface area contributed by atoms with E-state index in [1.54, 1.807) is 0 Å². The summed E-state index contributed by atoms with van der Waals surface area (Å²) in [5.41, 5.74) is 0.0269. The standard InChI is InChI=1S/C19H44OS2/c1-17(2)11-12-20-19(4,5)15-18(3)16-22(9,10)14-13-21(6,7)8/h17-18H,11-16H2,1-10H3. The van der Waals surface area contributed by atoms with Gasteiger partial charge in [0.2, 0.25) is 0 Å². The Morgan fingerprint density at radius 1 is 0.909 bits per heavy atom. The van der Waals surface area contributed by atoms with E-state index in [1.807, 2.05) is 0 Å². The molecule has 0 fully saturated rings. The molecule has 1 unspecified atom stereocenters. The van der Waals surface area contributed by atoms with Crippen molar-refractivity contribution in [3.63, 3.8) is 0 Å². The van der Waals surface area contributed by atoms with Crippen molar-refractivity contribution in [3.05, 3.63) is 0 Å². The van der Waals surface area contributed by atoms with Crippen LogP contribution in [0.25, 0.3) is 0 Å². The van der Waals surface area contributed by atoms with Gasteiger partial charge in [-0.25, -0.2) is 20.1 Å². The van der Waals surface area contributed by atoms with Gasteiger partial charge in [-0.3, -0.25) is 0 Å². The Bertz CT molecular complexity index is 303. The molecule has 0 bridgehead atoms. The fourth-order valence-electron chi connectivity index (χ4n) is 2.86. The first-order valence-corrected chi connectivity index (χ1v) is 14.5. The van der Waals surface area contributed by atoms with Crippen molar-refractivity contribution in [2.75, 3.05) is 55.1 Å². The molecule has 0 N–H and O–H groups in total. The van der Waals surface area contributed by atoms with E-state index in [0.29, 0.717) is 0 Å². The van der Waals surface area contributed by atoms with Gasteiger partial charge in [-0.2, -0.15) is 0 Å². The lowest BCUT2D eigenvalue weighted by Crippen LogP contribution is -2.30. The molecule has 0 aliphatic heterocycles. The van der Waals surface area contributed by atoms with Gasteiger partial charge >= 0.3 is 0 Å². The highest BCUT2D eigenvalue weighted by Gasteiger charge is 2.25. The molecule has 0 amide bonds. The van der Waals surface area contributed by atoms with Crippen molar-refractivity contribution in [3.8, 4) is 0 Å². The van der Waals surface area contributed by atoms with Crippen LogP contribution in [-0.2, 0) is 4.74 Å². The summed E-state index contributed by atoms with van der Waals surface area (Å²) in [7, 11) is -0.807. The van der Waals surface area contributed by atoms with Crippen LogP contribution in [0.4, 0.5) is 0 Å². The van der Waals surface area contributed by atoms with Gasteiger partial charge < -0.3 is 4.74 Å². The van der Waals surface area contributed by atoms with Crippen molar-refractivity contribution < 1.29 is 4.74 Å². The minimum Gasteiger partial charge on any atom is -0.376 e. The third-order valence-electron chi connectivity index (χ3n) is 4.01. The number of rotatable bonds is 11. The topological polar surface area (TPSA) is 9.23 Å². The molecule has 0 aliphatic rings. The molecule has 0 heterocycles. The fraction of sp³-hybridized carbons (Fsp3) is 1.00. The van der Waals surface area contributed by atoms with E-state index < -0.39 is 10.0 Å². The summed E-state index contributed by atoms with van der Waals surface area (Å²) in [4.78, 5) is 0. The van der Waals surface area contributed by atoms with Gasteiger partial charge in [-0.1, -0.05) is 20.8 Å². The Morgan fingerprint density at radius 3 is 1.91 bits per heavy atom. The summed E-state index contributed by atoms with van der Waals surface area (Å²) >= 11 is 0. The maximum Gasteiger partial charge on any atom is 0.0629 e. The summed E-state index contributed by atoms with van der Waals surface area (Å²) in [6.07, 6.45) is 14.7. The highest BCUT2D eigenvalue weighted by molar-refractivity contribution is 8.35. The Balaban J connectivity index is 4.26. The molecule has 1 atom stereocenters. The van der Waals surface area contributed by atoms with Gasteiger partial charge in [0.1, 0.15) is 0 Å². The van der Waals surface area contributed by atoms with Crippen molar-refractivity contribution in [1.82, 2.24) is 0 Å². The van der Waals surface area contributed by atoms with E-state index in [4.69, 9.17) is 4.74 Å². The van der Waals surface area contributed by atoms with Gasteiger partial charge in [0.25, 0.3) is 0 Å². The summed E-state index contributed by atoms with van der Waals surface area (Å²) in [6, 6.07) is 0. The maximum atomic E-state index is 6.15. The van der Waals surface area contributed by atoms with E-state index in [9.17, 15) is 0 Å². The Morgan fingerprint density at radius 2 is 1.45 bits per heavy atom. The first-order chi connectivity index (χ1) is 9.72. The first-order valence-electron chi connectivity index (χ1n) is 8.71. The van der Waals surface area contributed by atoms with E-state index in [-0.39, 0.29) is 15.6 Å². The van der Waals surface area contributed by atoms with Gasteiger partial charge in [0, 0.05) is 6.61 Å². The van der Waals surface area contributed by atoms with Crippen LogP contribution in [0.5, 0.6) is 0 Å². The van der Waals surface area contributed by atoms with E-state index in [2.05, 4.69) is 65.9 Å². The molecule has 3 heteroatoms. The highest BCUT2D eigenvalue weighted by Crippen LogP contribution is 2.47. The molecule has 1 nitrogen and oxygen atoms in total. The fourth-order valence-corrected chi connectivity index (χ4v) is 8.49. The van der Waals surface area contributed by atoms with Crippen LogP contribution in [0.2, 0.25) is 0 Å². The molecule has 22 heavy (non-hydrogen) atoms. The van der Waals surface area contributed by atoms with Gasteiger partial charge in [0.15, 0.2) is 0 Å². The Hall–Kier alpha value is 0.660. The van der Waals surface area contributed by atoms with Crippen LogP contribution in [0.15, 0.2) is 0 Å². The molecular formula is C19H44OS2. The van der Waals surface area contributed by atoms with Gasteiger partial charge in [-0.05, 0) is 87.1 Å². The third-order valence-corrected chi connectivity index (χ3v) is 8.48. The Labute approximate surface area is 145 Å². The lowest BCUT2D eigenvalue weighted by molar-refractivity contribution is -0.0350. The van der Waals surface area contributed by atoms with E-state index in [1.165, 1.54) is 30.1 Å². The average Bonchev–Trinajstić information content (AvgIpc) is 2.22. The van der Waals surface area contributed by atoms with Crippen LogP contribution in [0.1, 0.15) is 47.5 Å². The second-order valence-corrected chi connectivity index (χ2v) is 18.4. The molecule has 0 saturated carbocycles. The predicted molar refractivity (Wildman–Crippen MR) is 113 cm³/mol. The summed E-state index contributed by atoms with van der Waals surface area (Å²) in [6.45, 7) is 12.4. The summed E-state index contributed by atoms with van der Waals surface area (Å²) in [5.74, 6) is 5.74. The second kappa shape index (κ2) is 9.22. The molecule has 0 aliphatic carbocycles. The normalized spacial score (nSPS) is 16.9. The van der Waals surface area contributed by atoms with Crippen LogP contribution in [-0.4, -0.2) is 60.7 Å². The number of hydrogen-bond donors (Lipinski definition) is 0. The van der Waals surface area contributed by atoms with E-state index in [0.717, 1.165) is 18.4 Å². The molecule has 0 aromatic heterocycles. The van der Waals surface area contributed by atoms with Crippen LogP contribution < -0.4 is 0 Å². The van der Waals surface area contributed by atoms with Crippen molar-refractivity contribution in [2.45, 2.75) is 53.1 Å². The molecule has 0 aromatic carbocycles. The van der Waals surface area contributed by atoms with E-state index >= 15 is 0 Å². The third kappa shape index (κ3) is 13.1. The number of hydrogen-bond acceptors (Lipinski definition) is 1. The van der Waals surface area contributed by atoms with Gasteiger partial charge in [-0.15, -0.1) is 0 Å². The second-order valence-electron chi connectivity index (χ2n) is 9.53. The quantitative estimate of drug-likeness (QED) is 0.469. The molecule has 0 radical (unpaired) electrons. The lowest BCUT2D eigenvalue weighted by Gasteiger charge is -2.39. The predicted octanol–water partition coefficient (Wildman–Crippen LogP) is 5.61. The largest absolute Gasteiger partial charge is 0.376 e. The zero-order valence-electron chi connectivity index (χ0n) is 17.1. The molecular weight excluding hydrogens is 308 g/mol. The molecule has 0 saturated heterocycles. The molecule has 138 valence electrons. The summed E-state index contributed by atoms with van der Waals surface area (Å²) in [5, 5.41) is 0. The Kier molecular flexibility index (Phi) is 9.50. The molecule has 0 aromatic rings. The maximum absolute atomic E-state index is 6.15. The smallest absolute Gasteiger partial charge is 0.0629 e. The van der Waals surface area contributed by atoms with Crippen molar-refractivity contribution >= 4 is 20.1 Å². The average molecular weight is 353 g/mol.